The fraction of sp³-hybridized carbons (Fsp3) is 0.727. The lowest BCUT2D eigenvalue weighted by Gasteiger charge is -2.22. The zero-order valence-electron chi connectivity index (χ0n) is 9.03. The van der Waals surface area contributed by atoms with Gasteiger partial charge in [0.1, 0.15) is 0 Å². The highest BCUT2D eigenvalue weighted by molar-refractivity contribution is 5.18. The minimum Gasteiger partial charge on any atom is -0.323 e. The number of aryl methyl sites for hydroxylation is 1. The quantitative estimate of drug-likeness (QED) is 0.799. The maximum Gasteiger partial charge on any atom is 0.0659 e. The summed E-state index contributed by atoms with van der Waals surface area (Å²) in [6, 6.07) is 2.29. The predicted octanol–water partition coefficient (Wildman–Crippen LogP) is 2.19. The summed E-state index contributed by atoms with van der Waals surface area (Å²) in [7, 11) is 0. The van der Waals surface area contributed by atoms with Crippen LogP contribution in [-0.4, -0.2) is 9.78 Å². The summed E-state index contributed by atoms with van der Waals surface area (Å²) in [5, 5.41) is 4.61. The van der Waals surface area contributed by atoms with Gasteiger partial charge in [-0.2, -0.15) is 5.10 Å². The molecule has 0 amide bonds. The third kappa shape index (κ3) is 1.57. The van der Waals surface area contributed by atoms with Gasteiger partial charge >= 0.3 is 0 Å². The van der Waals surface area contributed by atoms with Crippen LogP contribution in [-0.2, 0) is 6.54 Å². The molecular formula is C11H19N3. The number of nitrogens with zero attached hydrogens (tertiary/aromatic N) is 2. The Balaban J connectivity index is 2.25. The SMILES string of the molecule is CCn1nc(C2CCC2)cc1[C@H](C)N. The first-order valence-corrected chi connectivity index (χ1v) is 5.55. The number of aromatic nitrogens is 2. The van der Waals surface area contributed by atoms with Gasteiger partial charge in [0.05, 0.1) is 11.4 Å². The number of nitrogens with two attached hydrogens (primary N) is 1. The van der Waals surface area contributed by atoms with E-state index in [1.807, 2.05) is 11.6 Å². The van der Waals surface area contributed by atoms with E-state index in [1.54, 1.807) is 0 Å². The van der Waals surface area contributed by atoms with E-state index in [1.165, 1.54) is 30.7 Å². The van der Waals surface area contributed by atoms with E-state index in [2.05, 4.69) is 18.1 Å². The number of rotatable bonds is 3. The van der Waals surface area contributed by atoms with Crippen LogP contribution in [0.15, 0.2) is 6.07 Å². The van der Waals surface area contributed by atoms with Crippen LogP contribution in [0.5, 0.6) is 0 Å². The predicted molar refractivity (Wildman–Crippen MR) is 57.1 cm³/mol. The van der Waals surface area contributed by atoms with Gasteiger partial charge in [0.15, 0.2) is 0 Å². The fourth-order valence-electron chi connectivity index (χ4n) is 1.98. The molecule has 1 fully saturated rings. The second-order valence-corrected chi connectivity index (χ2v) is 4.23. The molecule has 0 spiro atoms. The second kappa shape index (κ2) is 3.73. The first-order valence-electron chi connectivity index (χ1n) is 5.55. The van der Waals surface area contributed by atoms with E-state index in [-0.39, 0.29) is 6.04 Å². The van der Waals surface area contributed by atoms with E-state index >= 15 is 0 Å². The Bertz CT molecular complexity index is 310. The van der Waals surface area contributed by atoms with Gasteiger partial charge < -0.3 is 5.73 Å². The van der Waals surface area contributed by atoms with Crippen LogP contribution in [0, 0.1) is 0 Å². The lowest BCUT2D eigenvalue weighted by atomic mass is 9.83. The van der Waals surface area contributed by atoms with Gasteiger partial charge in [0.25, 0.3) is 0 Å². The largest absolute Gasteiger partial charge is 0.323 e. The maximum absolute atomic E-state index is 5.90. The van der Waals surface area contributed by atoms with Crippen LogP contribution >= 0.6 is 0 Å². The van der Waals surface area contributed by atoms with E-state index in [9.17, 15) is 0 Å². The van der Waals surface area contributed by atoms with Gasteiger partial charge in [0, 0.05) is 18.5 Å². The smallest absolute Gasteiger partial charge is 0.0659 e. The van der Waals surface area contributed by atoms with Crippen molar-refractivity contribution in [1.82, 2.24) is 9.78 Å². The maximum atomic E-state index is 5.90. The Morgan fingerprint density at radius 2 is 2.36 bits per heavy atom. The van der Waals surface area contributed by atoms with Crippen LogP contribution in [0.1, 0.15) is 56.5 Å². The molecule has 2 N–H and O–H groups in total. The van der Waals surface area contributed by atoms with Gasteiger partial charge in [-0.15, -0.1) is 0 Å². The first-order chi connectivity index (χ1) is 6.72. The van der Waals surface area contributed by atoms with Crippen molar-refractivity contribution in [2.24, 2.45) is 5.73 Å². The van der Waals surface area contributed by atoms with Crippen molar-refractivity contribution in [3.8, 4) is 0 Å². The minimum absolute atomic E-state index is 0.0938. The van der Waals surface area contributed by atoms with Gasteiger partial charge in [-0.25, -0.2) is 0 Å². The zero-order chi connectivity index (χ0) is 10.1. The molecule has 0 aliphatic heterocycles. The second-order valence-electron chi connectivity index (χ2n) is 4.23. The molecule has 3 heteroatoms. The van der Waals surface area contributed by atoms with Crippen molar-refractivity contribution >= 4 is 0 Å². The van der Waals surface area contributed by atoms with Crippen molar-refractivity contribution in [2.45, 2.75) is 51.6 Å². The van der Waals surface area contributed by atoms with Crippen molar-refractivity contribution in [3.05, 3.63) is 17.5 Å². The summed E-state index contributed by atoms with van der Waals surface area (Å²) >= 11 is 0. The first kappa shape index (κ1) is 9.71. The average molecular weight is 193 g/mol. The Morgan fingerprint density at radius 1 is 1.64 bits per heavy atom. The van der Waals surface area contributed by atoms with Crippen LogP contribution in [0.2, 0.25) is 0 Å². The Labute approximate surface area is 85.3 Å². The number of hydrogen-bond donors (Lipinski definition) is 1. The van der Waals surface area contributed by atoms with Crippen molar-refractivity contribution in [2.75, 3.05) is 0 Å². The highest BCUT2D eigenvalue weighted by Gasteiger charge is 2.23. The molecule has 78 valence electrons. The normalized spacial score (nSPS) is 19.4. The van der Waals surface area contributed by atoms with Crippen LogP contribution in [0.25, 0.3) is 0 Å². The molecule has 1 aliphatic rings. The third-order valence-corrected chi connectivity index (χ3v) is 3.12. The van der Waals surface area contributed by atoms with Crippen LogP contribution in [0.4, 0.5) is 0 Å². The molecule has 0 aromatic carbocycles. The molecule has 0 saturated heterocycles. The van der Waals surface area contributed by atoms with Crippen LogP contribution < -0.4 is 5.73 Å². The molecule has 1 atom stereocenters. The van der Waals surface area contributed by atoms with E-state index in [0.717, 1.165) is 6.54 Å². The highest BCUT2D eigenvalue weighted by atomic mass is 15.3. The standard InChI is InChI=1S/C11H19N3/c1-3-14-11(8(2)12)7-10(13-14)9-5-4-6-9/h7-9H,3-6,12H2,1-2H3/t8-/m0/s1. The zero-order valence-corrected chi connectivity index (χ0v) is 9.03. The summed E-state index contributed by atoms with van der Waals surface area (Å²) in [5.74, 6) is 0.709. The Morgan fingerprint density at radius 3 is 2.71 bits per heavy atom. The summed E-state index contributed by atoms with van der Waals surface area (Å²) in [6.07, 6.45) is 3.97. The molecule has 0 bridgehead atoms. The van der Waals surface area contributed by atoms with E-state index < -0.39 is 0 Å². The molecule has 0 radical (unpaired) electrons. The van der Waals surface area contributed by atoms with Gasteiger partial charge in [-0.3, -0.25) is 4.68 Å². The van der Waals surface area contributed by atoms with E-state index in [0.29, 0.717) is 5.92 Å². The molecule has 1 aromatic rings. The summed E-state index contributed by atoms with van der Waals surface area (Å²) in [6.45, 7) is 5.06. The highest BCUT2D eigenvalue weighted by Crippen LogP contribution is 2.36. The van der Waals surface area contributed by atoms with Gasteiger partial charge in [0.2, 0.25) is 0 Å². The molecule has 1 aromatic heterocycles. The summed E-state index contributed by atoms with van der Waals surface area (Å²) in [5.41, 5.74) is 8.33. The van der Waals surface area contributed by atoms with Crippen LogP contribution in [0.3, 0.4) is 0 Å². The molecular weight excluding hydrogens is 174 g/mol. The van der Waals surface area contributed by atoms with Crippen molar-refractivity contribution in [3.63, 3.8) is 0 Å². The minimum atomic E-state index is 0.0938. The Kier molecular flexibility index (Phi) is 2.59. The summed E-state index contributed by atoms with van der Waals surface area (Å²) < 4.78 is 2.04. The molecule has 1 aliphatic carbocycles. The lowest BCUT2D eigenvalue weighted by Crippen LogP contribution is -2.12. The van der Waals surface area contributed by atoms with Crippen molar-refractivity contribution in [1.29, 1.82) is 0 Å². The third-order valence-electron chi connectivity index (χ3n) is 3.12. The molecule has 1 heterocycles. The molecule has 1 saturated carbocycles. The van der Waals surface area contributed by atoms with Gasteiger partial charge in [-0.05, 0) is 32.8 Å². The molecule has 0 unspecified atom stereocenters. The lowest BCUT2D eigenvalue weighted by molar-refractivity contribution is 0.406. The Hall–Kier alpha value is -0.830. The molecule has 2 rings (SSSR count). The number of hydrogen-bond acceptors (Lipinski definition) is 2. The molecule has 14 heavy (non-hydrogen) atoms. The van der Waals surface area contributed by atoms with Crippen molar-refractivity contribution < 1.29 is 0 Å². The van der Waals surface area contributed by atoms with Gasteiger partial charge in [-0.1, -0.05) is 6.42 Å². The van der Waals surface area contributed by atoms with E-state index in [4.69, 9.17) is 5.73 Å². The average Bonchev–Trinajstić information content (AvgIpc) is 2.45. The summed E-state index contributed by atoms with van der Waals surface area (Å²) in [4.78, 5) is 0. The molecule has 3 nitrogen and oxygen atoms in total. The topological polar surface area (TPSA) is 43.8 Å². The monoisotopic (exact) mass is 193 g/mol. The fourth-order valence-corrected chi connectivity index (χ4v) is 1.98.